The first-order chi connectivity index (χ1) is 7.13. The van der Waals surface area contributed by atoms with E-state index in [1.54, 1.807) is 0 Å². The van der Waals surface area contributed by atoms with E-state index in [4.69, 9.17) is 0 Å². The zero-order chi connectivity index (χ0) is 14.0. The predicted octanol–water partition coefficient (Wildman–Crippen LogP) is 6.79. The van der Waals surface area contributed by atoms with Crippen molar-refractivity contribution in [1.82, 2.24) is 0 Å². The Hall–Kier alpha value is 0. The van der Waals surface area contributed by atoms with Crippen LogP contribution in [0.15, 0.2) is 0 Å². The van der Waals surface area contributed by atoms with E-state index in [1.807, 2.05) is 27.7 Å². The molecule has 0 aromatic heterocycles. The van der Waals surface area contributed by atoms with Crippen LogP contribution in [-0.2, 0) is 0 Å². The van der Waals surface area contributed by atoms with Crippen LogP contribution in [0.3, 0.4) is 0 Å². The molecule has 0 aromatic rings. The van der Waals surface area contributed by atoms with E-state index in [-0.39, 0.29) is 1.43 Å². The van der Waals surface area contributed by atoms with Gasteiger partial charge in [-0.3, -0.25) is 0 Å². The summed E-state index contributed by atoms with van der Waals surface area (Å²) in [5.41, 5.74) is 0.977. The van der Waals surface area contributed by atoms with Gasteiger partial charge in [-0.15, -0.1) is 0 Å². The molecule has 0 heterocycles. The maximum absolute atomic E-state index is 2.37. The van der Waals surface area contributed by atoms with Crippen LogP contribution in [-0.4, -0.2) is 0 Å². The van der Waals surface area contributed by atoms with Crippen molar-refractivity contribution in [3.05, 3.63) is 0 Å². The van der Waals surface area contributed by atoms with E-state index in [0.717, 1.165) is 5.92 Å². The van der Waals surface area contributed by atoms with Crippen molar-refractivity contribution in [3.8, 4) is 0 Å². The quantitative estimate of drug-likeness (QED) is 0.493. The normalized spacial score (nSPS) is 12.9. The fourth-order valence-corrected chi connectivity index (χ4v) is 1.08. The molecule has 104 valence electrons. The highest BCUT2D eigenvalue weighted by molar-refractivity contribution is 4.72. The highest BCUT2D eigenvalue weighted by atomic mass is 14.3. The minimum atomic E-state index is 0. The average molecular weight is 235 g/mol. The third-order valence-electron chi connectivity index (χ3n) is 2.81. The van der Waals surface area contributed by atoms with Crippen molar-refractivity contribution in [1.29, 1.82) is 0 Å². The Labute approximate surface area is 108 Å². The molecule has 0 amide bonds. The van der Waals surface area contributed by atoms with Gasteiger partial charge in [-0.05, 0) is 29.6 Å². The average Bonchev–Trinajstić information content (AvgIpc) is 2.18. The molecule has 0 spiro atoms. The highest BCUT2D eigenvalue weighted by Gasteiger charge is 2.21. The molecule has 0 fully saturated rings. The number of hydrogen-bond donors (Lipinski definition) is 0. The van der Waals surface area contributed by atoms with Crippen molar-refractivity contribution in [2.75, 3.05) is 0 Å². The molecule has 0 nitrogen and oxygen atoms in total. The Kier molecular flexibility index (Phi) is 13.5. The van der Waals surface area contributed by atoms with Gasteiger partial charge in [0.1, 0.15) is 0 Å². The van der Waals surface area contributed by atoms with Crippen molar-refractivity contribution in [2.45, 2.75) is 89.0 Å². The summed E-state index contributed by atoms with van der Waals surface area (Å²) in [6, 6.07) is 0. The van der Waals surface area contributed by atoms with Crippen molar-refractivity contribution >= 4 is 0 Å². The molecule has 0 saturated heterocycles. The fourth-order valence-electron chi connectivity index (χ4n) is 1.08. The zero-order valence-electron chi connectivity index (χ0n) is 14.0. The van der Waals surface area contributed by atoms with Crippen LogP contribution in [0.2, 0.25) is 0 Å². The van der Waals surface area contributed by atoms with Gasteiger partial charge in [0, 0.05) is 1.43 Å². The van der Waals surface area contributed by atoms with Gasteiger partial charge in [-0.25, -0.2) is 0 Å². The Bertz CT molecular complexity index is 125. The van der Waals surface area contributed by atoms with E-state index >= 15 is 0 Å². The topological polar surface area (TPSA) is 0 Å². The molecule has 0 aliphatic rings. The Morgan fingerprint density at radius 3 is 1.31 bits per heavy atom. The van der Waals surface area contributed by atoms with Crippen LogP contribution in [0.4, 0.5) is 0 Å². The summed E-state index contributed by atoms with van der Waals surface area (Å²) in [5, 5.41) is 0. The summed E-state index contributed by atoms with van der Waals surface area (Å²) in [6.07, 6.45) is 2.69. The fraction of sp³-hybridized carbons (Fsp3) is 1.00. The third-order valence-corrected chi connectivity index (χ3v) is 2.81. The molecule has 1 unspecified atom stereocenters. The van der Waals surface area contributed by atoms with Gasteiger partial charge < -0.3 is 0 Å². The number of rotatable bonds is 2. The molecule has 0 N–H and O–H groups in total. The molecular weight excluding hydrogens is 192 g/mol. The van der Waals surface area contributed by atoms with Crippen LogP contribution in [0.5, 0.6) is 0 Å². The van der Waals surface area contributed by atoms with E-state index < -0.39 is 0 Å². The van der Waals surface area contributed by atoms with Crippen molar-refractivity contribution < 1.29 is 1.43 Å². The van der Waals surface area contributed by atoms with Crippen LogP contribution >= 0.6 is 0 Å². The van der Waals surface area contributed by atoms with Gasteiger partial charge in [-0.1, -0.05) is 76.2 Å². The molecule has 16 heavy (non-hydrogen) atoms. The first-order valence-corrected chi connectivity index (χ1v) is 7.13. The summed E-state index contributed by atoms with van der Waals surface area (Å²) in [4.78, 5) is 0. The Balaban J connectivity index is -0.000000152. The Morgan fingerprint density at radius 2 is 1.12 bits per heavy atom. The SMILES string of the molecule is CC.CC.CC(CCC(C)(C)C)C(C)(C)C.[3HH]. The van der Waals surface area contributed by atoms with E-state index in [9.17, 15) is 0 Å². The van der Waals surface area contributed by atoms with E-state index in [1.165, 1.54) is 12.8 Å². The third kappa shape index (κ3) is 16.4. The maximum Gasteiger partial charge on any atom is 0 e. The monoisotopic (exact) mass is 234 g/mol. The molecule has 1 atom stereocenters. The first kappa shape index (κ1) is 21.3. The summed E-state index contributed by atoms with van der Waals surface area (Å²) in [7, 11) is 0. The van der Waals surface area contributed by atoms with Gasteiger partial charge in [0.25, 0.3) is 0 Å². The van der Waals surface area contributed by atoms with Crippen LogP contribution < -0.4 is 0 Å². The first-order valence-electron chi connectivity index (χ1n) is 7.13. The molecule has 0 heteroatoms. The van der Waals surface area contributed by atoms with Gasteiger partial charge in [-0.2, -0.15) is 0 Å². The zero-order valence-corrected chi connectivity index (χ0v) is 14.0. The molecule has 0 rings (SSSR count). The minimum absolute atomic E-state index is 0. The van der Waals surface area contributed by atoms with Crippen molar-refractivity contribution in [3.63, 3.8) is 0 Å². The molecule has 0 radical (unpaired) electrons. The van der Waals surface area contributed by atoms with Gasteiger partial charge >= 0.3 is 0 Å². The molecule has 0 aromatic carbocycles. The van der Waals surface area contributed by atoms with Gasteiger partial charge in [0.2, 0.25) is 0 Å². The van der Waals surface area contributed by atoms with Crippen LogP contribution in [0.1, 0.15) is 90.4 Å². The minimum Gasteiger partial charge on any atom is -0.0683 e. The molecule has 0 saturated carbocycles. The van der Waals surface area contributed by atoms with E-state index in [0.29, 0.717) is 10.8 Å². The predicted molar refractivity (Wildman–Crippen MR) is 82.1 cm³/mol. The van der Waals surface area contributed by atoms with Crippen LogP contribution in [0, 0.1) is 16.7 Å². The maximum atomic E-state index is 2.37. The molecule has 0 bridgehead atoms. The lowest BCUT2D eigenvalue weighted by Crippen LogP contribution is -2.19. The lowest BCUT2D eigenvalue weighted by atomic mass is 9.76. The smallest absolute Gasteiger partial charge is 0 e. The summed E-state index contributed by atoms with van der Waals surface area (Å²) >= 11 is 0. The van der Waals surface area contributed by atoms with Crippen molar-refractivity contribution in [2.24, 2.45) is 16.7 Å². The highest BCUT2D eigenvalue weighted by Crippen LogP contribution is 2.32. The second-order valence-corrected chi connectivity index (χ2v) is 6.37. The summed E-state index contributed by atoms with van der Waals surface area (Å²) in [5.74, 6) is 0.830. The molecule has 0 aliphatic carbocycles. The summed E-state index contributed by atoms with van der Waals surface area (Å²) in [6.45, 7) is 24.3. The lowest BCUT2D eigenvalue weighted by Gasteiger charge is -2.30. The Morgan fingerprint density at radius 1 is 0.812 bits per heavy atom. The largest absolute Gasteiger partial charge is 0.0683 e. The number of hydrogen-bond acceptors (Lipinski definition) is 0. The molecule has 0 aliphatic heterocycles. The van der Waals surface area contributed by atoms with Crippen LogP contribution in [0.25, 0.3) is 0 Å². The van der Waals surface area contributed by atoms with Gasteiger partial charge in [0.05, 0.1) is 0 Å². The standard InChI is InChI=1S/C12H26.2C2H6.H2/c1-10(12(5,6)7)8-9-11(2,3)4;2*1-2;/h10H,8-9H2,1-7H3;2*1-2H3;1H/i;;;1+2. The second kappa shape index (κ2) is 10.2. The molecular formula is C16H40. The van der Waals surface area contributed by atoms with E-state index in [2.05, 4.69) is 48.5 Å². The summed E-state index contributed by atoms with van der Waals surface area (Å²) < 4.78 is 0. The van der Waals surface area contributed by atoms with Gasteiger partial charge in [0.15, 0.2) is 0 Å². The second-order valence-electron chi connectivity index (χ2n) is 6.37. The lowest BCUT2D eigenvalue weighted by molar-refractivity contribution is 0.213.